The minimum atomic E-state index is -1.11. The van der Waals surface area contributed by atoms with Crippen LogP contribution in [-0.4, -0.2) is 13.4 Å². The van der Waals surface area contributed by atoms with Crippen LogP contribution in [0.1, 0.15) is 33.1 Å². The molecule has 0 aromatic carbocycles. The van der Waals surface area contributed by atoms with E-state index in [1.165, 1.54) is 25.3 Å². The van der Waals surface area contributed by atoms with Crippen LogP contribution in [0.2, 0.25) is 29.8 Å². The molecule has 1 fully saturated rings. The first-order chi connectivity index (χ1) is 6.54. The smallest absolute Gasteiger partial charge is 0.111 e. The van der Waals surface area contributed by atoms with Crippen LogP contribution < -0.4 is 0 Å². The molecule has 0 saturated carbocycles. The Morgan fingerprint density at radius 2 is 1.57 bits per heavy atom. The summed E-state index contributed by atoms with van der Waals surface area (Å²) in [5.41, 5.74) is 1.58. The molecule has 0 atom stereocenters. The Balaban J connectivity index is 2.65. The molecule has 1 rings (SSSR count). The molecular formula is C10H22Br2Si2. The lowest BCUT2D eigenvalue weighted by atomic mass is 10.5. The maximum Gasteiger partial charge on any atom is 0.198 e. The summed E-state index contributed by atoms with van der Waals surface area (Å²) in [6.45, 7) is 4.73. The predicted octanol–water partition coefficient (Wildman–Crippen LogP) is 5.43. The van der Waals surface area contributed by atoms with Crippen molar-refractivity contribution in [3.05, 3.63) is 0 Å². The molecule has 1 heterocycles. The first-order valence-electron chi connectivity index (χ1n) is 5.91. The highest BCUT2D eigenvalue weighted by atomic mass is 79.9. The standard InChI is InChI=1S/C10H22Br2Si2/c1-3-6-13(7-4-2)8-5-9-14(11,12)10-13/h3-10H2,1-2H3. The van der Waals surface area contributed by atoms with E-state index < -0.39 is 13.4 Å². The average Bonchev–Trinajstić information content (AvgIpc) is 2.02. The predicted molar refractivity (Wildman–Crippen MR) is 78.6 cm³/mol. The van der Waals surface area contributed by atoms with Gasteiger partial charge in [-0.3, -0.25) is 0 Å². The van der Waals surface area contributed by atoms with Crippen LogP contribution in [0, 0.1) is 0 Å². The van der Waals surface area contributed by atoms with Gasteiger partial charge in [0, 0.05) is 0 Å². The van der Waals surface area contributed by atoms with Gasteiger partial charge in [0.2, 0.25) is 0 Å². The van der Waals surface area contributed by atoms with Gasteiger partial charge in [0.05, 0.1) is 8.07 Å². The lowest BCUT2D eigenvalue weighted by Crippen LogP contribution is -2.44. The molecule has 0 unspecified atom stereocenters. The maximum absolute atomic E-state index is 4.00. The Kier molecular flexibility index (Phi) is 5.42. The molecule has 0 radical (unpaired) electrons. The van der Waals surface area contributed by atoms with Crippen LogP contribution in [0.25, 0.3) is 0 Å². The highest BCUT2D eigenvalue weighted by Gasteiger charge is 2.43. The summed E-state index contributed by atoms with van der Waals surface area (Å²) in [5.74, 6) is 0. The zero-order valence-corrected chi connectivity index (χ0v) is 14.6. The molecule has 0 amide bonds. The largest absolute Gasteiger partial charge is 0.198 e. The van der Waals surface area contributed by atoms with Crippen molar-refractivity contribution in [2.24, 2.45) is 0 Å². The lowest BCUT2D eigenvalue weighted by Gasteiger charge is -2.40. The van der Waals surface area contributed by atoms with E-state index in [4.69, 9.17) is 0 Å². The third kappa shape index (κ3) is 3.76. The first kappa shape index (κ1) is 13.5. The summed E-state index contributed by atoms with van der Waals surface area (Å²) in [4.78, 5) is 0. The molecule has 84 valence electrons. The summed E-state index contributed by atoms with van der Waals surface area (Å²) in [7, 11) is -0.850. The van der Waals surface area contributed by atoms with Crippen LogP contribution in [0.5, 0.6) is 0 Å². The van der Waals surface area contributed by atoms with E-state index in [0.29, 0.717) is 0 Å². The number of halogens is 2. The van der Waals surface area contributed by atoms with E-state index in [-0.39, 0.29) is 0 Å². The van der Waals surface area contributed by atoms with Crippen molar-refractivity contribution in [2.75, 3.05) is 0 Å². The van der Waals surface area contributed by atoms with Gasteiger partial charge in [0.25, 0.3) is 0 Å². The molecule has 14 heavy (non-hydrogen) atoms. The SMILES string of the molecule is CCC[Si]1(CCC)CCC[Si](Br)(Br)C1. The summed E-state index contributed by atoms with van der Waals surface area (Å²) in [5, 5.41) is -1.11. The molecule has 0 aliphatic carbocycles. The Hall–Kier alpha value is 1.39. The topological polar surface area (TPSA) is 0 Å². The van der Waals surface area contributed by atoms with Gasteiger partial charge < -0.3 is 0 Å². The lowest BCUT2D eigenvalue weighted by molar-refractivity contribution is 0.902. The molecule has 0 bridgehead atoms. The van der Waals surface area contributed by atoms with E-state index in [9.17, 15) is 0 Å². The van der Waals surface area contributed by atoms with Gasteiger partial charge in [-0.25, -0.2) is 0 Å². The van der Waals surface area contributed by atoms with Crippen LogP contribution in [0.3, 0.4) is 0 Å². The van der Waals surface area contributed by atoms with Crippen molar-refractivity contribution in [3.8, 4) is 0 Å². The van der Waals surface area contributed by atoms with Crippen LogP contribution in [-0.2, 0) is 0 Å². The normalized spacial score (nSPS) is 24.9. The summed E-state index contributed by atoms with van der Waals surface area (Å²) >= 11 is 8.00. The Labute approximate surface area is 106 Å². The van der Waals surface area contributed by atoms with Crippen LogP contribution in [0.4, 0.5) is 0 Å². The van der Waals surface area contributed by atoms with Gasteiger partial charge in [-0.2, -0.15) is 0 Å². The Bertz CT molecular complexity index is 171. The van der Waals surface area contributed by atoms with Crippen LogP contribution in [0.15, 0.2) is 0 Å². The van der Waals surface area contributed by atoms with Crippen molar-refractivity contribution in [2.45, 2.75) is 63.0 Å². The van der Waals surface area contributed by atoms with Crippen molar-refractivity contribution in [1.82, 2.24) is 0 Å². The zero-order valence-electron chi connectivity index (χ0n) is 9.41. The average molecular weight is 358 g/mol. The Morgan fingerprint density at radius 3 is 2.00 bits per heavy atom. The fourth-order valence-corrected chi connectivity index (χ4v) is 27.5. The van der Waals surface area contributed by atoms with Gasteiger partial charge in [0.1, 0.15) is 0 Å². The summed E-state index contributed by atoms with van der Waals surface area (Å²) in [6, 6.07) is 6.22. The second kappa shape index (κ2) is 5.64. The Morgan fingerprint density at radius 1 is 1.00 bits per heavy atom. The van der Waals surface area contributed by atoms with E-state index in [1.807, 2.05) is 0 Å². The number of rotatable bonds is 4. The second-order valence-electron chi connectivity index (χ2n) is 4.89. The van der Waals surface area contributed by atoms with Gasteiger partial charge in [-0.1, -0.05) is 51.2 Å². The van der Waals surface area contributed by atoms with Gasteiger partial charge in [0.15, 0.2) is 5.31 Å². The molecule has 0 nitrogen and oxygen atoms in total. The fourth-order valence-electron chi connectivity index (χ4n) is 3.06. The molecule has 1 aliphatic heterocycles. The highest BCUT2D eigenvalue weighted by Crippen LogP contribution is 2.46. The van der Waals surface area contributed by atoms with Gasteiger partial charge >= 0.3 is 0 Å². The van der Waals surface area contributed by atoms with Crippen molar-refractivity contribution < 1.29 is 0 Å². The number of hydrogen-bond donors (Lipinski definition) is 0. The monoisotopic (exact) mass is 356 g/mol. The molecule has 1 saturated heterocycles. The van der Waals surface area contributed by atoms with E-state index in [0.717, 1.165) is 0 Å². The molecule has 0 spiro atoms. The quantitative estimate of drug-likeness (QED) is 0.464. The van der Waals surface area contributed by atoms with Crippen LogP contribution >= 0.6 is 30.6 Å². The van der Waals surface area contributed by atoms with E-state index >= 15 is 0 Å². The minimum absolute atomic E-state index is 0.850. The summed E-state index contributed by atoms with van der Waals surface area (Å²) in [6.07, 6.45) is 4.32. The molecule has 0 aromatic heterocycles. The third-order valence-electron chi connectivity index (χ3n) is 3.44. The van der Waals surface area contributed by atoms with E-state index in [2.05, 4.69) is 44.4 Å². The second-order valence-corrected chi connectivity index (χ2v) is 25.3. The zero-order chi connectivity index (χ0) is 10.7. The van der Waals surface area contributed by atoms with Crippen molar-refractivity contribution >= 4 is 44.0 Å². The van der Waals surface area contributed by atoms with Gasteiger partial charge in [-0.05, 0) is 11.7 Å². The van der Waals surface area contributed by atoms with Gasteiger partial charge in [-0.15, -0.1) is 30.6 Å². The summed E-state index contributed by atoms with van der Waals surface area (Å²) < 4.78 is 0. The molecular weight excluding hydrogens is 336 g/mol. The first-order valence-corrected chi connectivity index (χ1v) is 15.7. The molecule has 0 aromatic rings. The number of hydrogen-bond acceptors (Lipinski definition) is 0. The molecule has 4 heteroatoms. The third-order valence-corrected chi connectivity index (χ3v) is 21.6. The minimum Gasteiger partial charge on any atom is -0.111 e. The van der Waals surface area contributed by atoms with Crippen molar-refractivity contribution in [1.29, 1.82) is 0 Å². The molecule has 1 aliphatic rings. The van der Waals surface area contributed by atoms with E-state index in [1.54, 1.807) is 23.8 Å². The fraction of sp³-hybridized carbons (Fsp3) is 1.00. The maximum atomic E-state index is 4.00. The van der Waals surface area contributed by atoms with Crippen molar-refractivity contribution in [3.63, 3.8) is 0 Å². The molecule has 0 N–H and O–H groups in total. The highest BCUT2D eigenvalue weighted by molar-refractivity contribution is 9.51.